The summed E-state index contributed by atoms with van der Waals surface area (Å²) >= 11 is 0. The van der Waals surface area contributed by atoms with E-state index >= 15 is 0 Å². The van der Waals surface area contributed by atoms with E-state index < -0.39 is 10.0 Å². The lowest BCUT2D eigenvalue weighted by Crippen LogP contribution is -2.30. The Labute approximate surface area is 167 Å². The molecule has 1 N–H and O–H groups in total. The molecule has 0 radical (unpaired) electrons. The van der Waals surface area contributed by atoms with E-state index in [4.69, 9.17) is 4.74 Å². The van der Waals surface area contributed by atoms with Gasteiger partial charge in [0.15, 0.2) is 0 Å². The number of hydrogen-bond donors (Lipinski definition) is 1. The number of benzene rings is 2. The Balaban J connectivity index is 1.98. The number of amides is 1. The van der Waals surface area contributed by atoms with Crippen molar-refractivity contribution in [1.29, 1.82) is 0 Å². The number of rotatable bonds is 11. The first-order valence-electron chi connectivity index (χ1n) is 9.49. The third-order valence-corrected chi connectivity index (χ3v) is 6.20. The van der Waals surface area contributed by atoms with Gasteiger partial charge in [0.05, 0.1) is 4.90 Å². The Morgan fingerprint density at radius 1 is 1.04 bits per heavy atom. The summed E-state index contributed by atoms with van der Waals surface area (Å²) in [5, 5.41) is 2.85. The van der Waals surface area contributed by atoms with Crippen LogP contribution in [0.2, 0.25) is 0 Å². The number of hydrogen-bond acceptors (Lipinski definition) is 4. The molecule has 7 heteroatoms. The molecule has 28 heavy (non-hydrogen) atoms. The Kier molecular flexibility index (Phi) is 8.63. The molecule has 0 saturated carbocycles. The van der Waals surface area contributed by atoms with Gasteiger partial charge in [-0.2, -0.15) is 4.31 Å². The molecule has 1 amide bonds. The second-order valence-electron chi connectivity index (χ2n) is 6.25. The second kappa shape index (κ2) is 10.9. The van der Waals surface area contributed by atoms with Gasteiger partial charge in [-0.1, -0.05) is 37.3 Å². The summed E-state index contributed by atoms with van der Waals surface area (Å²) in [5.74, 6) is -0.146. The van der Waals surface area contributed by atoms with E-state index in [-0.39, 0.29) is 17.3 Å². The standard InChI is InChI=1S/C21H28N2O4S/c1-3-23(28(25,26)20-9-6-5-7-10-20)17-18-11-13-19(14-12-18)21(24)22-15-8-16-27-4-2/h5-7,9-14H,3-4,8,15-17H2,1-2H3,(H,22,24). The van der Waals surface area contributed by atoms with E-state index in [9.17, 15) is 13.2 Å². The number of sulfonamides is 1. The van der Waals surface area contributed by atoms with Crippen LogP contribution in [0.5, 0.6) is 0 Å². The molecule has 2 aromatic rings. The normalized spacial score (nSPS) is 11.5. The number of carbonyl (C=O) groups is 1. The molecule has 0 saturated heterocycles. The van der Waals surface area contributed by atoms with Gasteiger partial charge in [-0.15, -0.1) is 0 Å². The van der Waals surface area contributed by atoms with Gasteiger partial charge in [-0.3, -0.25) is 4.79 Å². The van der Waals surface area contributed by atoms with Gasteiger partial charge in [0.25, 0.3) is 5.91 Å². The summed E-state index contributed by atoms with van der Waals surface area (Å²) in [6.45, 7) is 6.21. The average Bonchev–Trinajstić information content (AvgIpc) is 2.72. The van der Waals surface area contributed by atoms with Crippen molar-refractivity contribution in [2.45, 2.75) is 31.7 Å². The van der Waals surface area contributed by atoms with Gasteiger partial charge in [-0.25, -0.2) is 8.42 Å². The van der Waals surface area contributed by atoms with E-state index in [1.54, 1.807) is 54.6 Å². The molecular formula is C21H28N2O4S. The van der Waals surface area contributed by atoms with Crippen molar-refractivity contribution in [2.75, 3.05) is 26.3 Å². The molecule has 0 heterocycles. The minimum absolute atomic E-state index is 0.146. The zero-order valence-electron chi connectivity index (χ0n) is 16.4. The first kappa shape index (κ1) is 22.1. The van der Waals surface area contributed by atoms with Gasteiger partial charge in [-0.05, 0) is 43.2 Å². The predicted octanol–water partition coefficient (Wildman–Crippen LogP) is 3.05. The molecule has 0 aromatic heterocycles. The molecule has 0 fully saturated rings. The highest BCUT2D eigenvalue weighted by molar-refractivity contribution is 7.89. The van der Waals surface area contributed by atoms with Crippen molar-refractivity contribution in [3.8, 4) is 0 Å². The van der Waals surface area contributed by atoms with Crippen LogP contribution in [0, 0.1) is 0 Å². The van der Waals surface area contributed by atoms with Crippen molar-refractivity contribution >= 4 is 15.9 Å². The highest BCUT2D eigenvalue weighted by atomic mass is 32.2. The monoisotopic (exact) mass is 404 g/mol. The second-order valence-corrected chi connectivity index (χ2v) is 8.19. The van der Waals surface area contributed by atoms with Crippen molar-refractivity contribution in [1.82, 2.24) is 9.62 Å². The predicted molar refractivity (Wildman–Crippen MR) is 110 cm³/mol. The van der Waals surface area contributed by atoms with Crippen LogP contribution in [-0.2, 0) is 21.3 Å². The number of nitrogens with zero attached hydrogens (tertiary/aromatic N) is 1. The zero-order chi connectivity index (χ0) is 20.4. The molecule has 0 atom stereocenters. The molecule has 0 spiro atoms. The summed E-state index contributed by atoms with van der Waals surface area (Å²) in [7, 11) is -3.55. The first-order valence-corrected chi connectivity index (χ1v) is 10.9. The number of ether oxygens (including phenoxy) is 1. The van der Waals surface area contributed by atoms with E-state index in [0.29, 0.717) is 31.9 Å². The lowest BCUT2D eigenvalue weighted by molar-refractivity contribution is 0.0944. The van der Waals surface area contributed by atoms with E-state index in [1.807, 2.05) is 13.8 Å². The minimum Gasteiger partial charge on any atom is -0.382 e. The van der Waals surface area contributed by atoms with Crippen LogP contribution in [0.15, 0.2) is 59.5 Å². The third kappa shape index (κ3) is 6.15. The lowest BCUT2D eigenvalue weighted by atomic mass is 10.1. The summed E-state index contributed by atoms with van der Waals surface area (Å²) in [5.41, 5.74) is 1.38. The van der Waals surface area contributed by atoms with E-state index in [0.717, 1.165) is 12.0 Å². The largest absolute Gasteiger partial charge is 0.382 e. The summed E-state index contributed by atoms with van der Waals surface area (Å²) in [6.07, 6.45) is 0.764. The van der Waals surface area contributed by atoms with Crippen LogP contribution in [0.4, 0.5) is 0 Å². The van der Waals surface area contributed by atoms with Crippen LogP contribution in [-0.4, -0.2) is 44.9 Å². The van der Waals surface area contributed by atoms with Gasteiger partial charge >= 0.3 is 0 Å². The average molecular weight is 405 g/mol. The van der Waals surface area contributed by atoms with Crippen molar-refractivity contribution in [2.24, 2.45) is 0 Å². The molecule has 0 aliphatic heterocycles. The molecule has 152 valence electrons. The van der Waals surface area contributed by atoms with Crippen molar-refractivity contribution in [3.63, 3.8) is 0 Å². The van der Waals surface area contributed by atoms with Crippen LogP contribution in [0.1, 0.15) is 36.2 Å². The topological polar surface area (TPSA) is 75.7 Å². The fourth-order valence-electron chi connectivity index (χ4n) is 2.70. The quantitative estimate of drug-likeness (QED) is 0.584. The Morgan fingerprint density at radius 3 is 2.32 bits per heavy atom. The first-order chi connectivity index (χ1) is 13.5. The summed E-state index contributed by atoms with van der Waals surface area (Å²) in [6, 6.07) is 15.4. The summed E-state index contributed by atoms with van der Waals surface area (Å²) in [4.78, 5) is 12.4. The van der Waals surface area contributed by atoms with Gasteiger partial charge in [0.2, 0.25) is 10.0 Å². The lowest BCUT2D eigenvalue weighted by Gasteiger charge is -2.20. The molecule has 2 aromatic carbocycles. The number of nitrogens with one attached hydrogen (secondary N) is 1. The molecule has 2 rings (SSSR count). The van der Waals surface area contributed by atoms with Crippen LogP contribution < -0.4 is 5.32 Å². The Hall–Kier alpha value is -2.22. The maximum Gasteiger partial charge on any atom is 0.251 e. The highest BCUT2D eigenvalue weighted by Gasteiger charge is 2.22. The number of carbonyl (C=O) groups excluding carboxylic acids is 1. The molecular weight excluding hydrogens is 376 g/mol. The zero-order valence-corrected chi connectivity index (χ0v) is 17.2. The molecule has 0 aliphatic rings. The fourth-order valence-corrected chi connectivity index (χ4v) is 4.15. The maximum atomic E-state index is 12.8. The summed E-state index contributed by atoms with van der Waals surface area (Å²) < 4.78 is 32.2. The smallest absolute Gasteiger partial charge is 0.251 e. The highest BCUT2D eigenvalue weighted by Crippen LogP contribution is 2.18. The van der Waals surface area contributed by atoms with E-state index in [2.05, 4.69) is 5.32 Å². The Morgan fingerprint density at radius 2 is 1.71 bits per heavy atom. The molecule has 0 aliphatic carbocycles. The van der Waals surface area contributed by atoms with Gasteiger partial charge in [0.1, 0.15) is 0 Å². The third-order valence-electron chi connectivity index (χ3n) is 4.26. The van der Waals surface area contributed by atoms with Crippen molar-refractivity contribution < 1.29 is 17.9 Å². The van der Waals surface area contributed by atoms with Crippen molar-refractivity contribution in [3.05, 3.63) is 65.7 Å². The molecule has 6 nitrogen and oxygen atoms in total. The van der Waals surface area contributed by atoms with E-state index in [1.165, 1.54) is 4.31 Å². The van der Waals surface area contributed by atoms with Crippen LogP contribution >= 0.6 is 0 Å². The fraction of sp³-hybridized carbons (Fsp3) is 0.381. The van der Waals surface area contributed by atoms with Gasteiger partial charge < -0.3 is 10.1 Å². The van der Waals surface area contributed by atoms with Crippen LogP contribution in [0.25, 0.3) is 0 Å². The Bertz CT molecular complexity index is 836. The van der Waals surface area contributed by atoms with Gasteiger partial charge in [0, 0.05) is 38.4 Å². The molecule has 0 bridgehead atoms. The maximum absolute atomic E-state index is 12.8. The van der Waals surface area contributed by atoms with Crippen LogP contribution in [0.3, 0.4) is 0 Å². The molecule has 0 unspecified atom stereocenters. The SMILES string of the molecule is CCOCCCNC(=O)c1ccc(CN(CC)S(=O)(=O)c2ccccc2)cc1. The minimum atomic E-state index is -3.55.